The van der Waals surface area contributed by atoms with Gasteiger partial charge in [-0.05, 0) is 70.1 Å². The van der Waals surface area contributed by atoms with E-state index in [9.17, 15) is 18.2 Å². The van der Waals surface area contributed by atoms with Crippen molar-refractivity contribution < 1.29 is 130 Å². The van der Waals surface area contributed by atoms with Crippen LogP contribution in [0.15, 0.2) is 107 Å². The number of hydrogen-bond donors (Lipinski definition) is 2. The monoisotopic (exact) mass is 648 g/mol. The van der Waals surface area contributed by atoms with Crippen LogP contribution in [0.1, 0.15) is 0 Å². The van der Waals surface area contributed by atoms with Crippen molar-refractivity contribution in [2.24, 2.45) is 0 Å². The van der Waals surface area contributed by atoms with Gasteiger partial charge in [-0.2, -0.15) is 4.33 Å². The van der Waals surface area contributed by atoms with Gasteiger partial charge in [-0.3, -0.25) is 5.04 Å². The molecule has 42 heavy (non-hydrogen) atoms. The Bertz CT molecular complexity index is 2010. The fourth-order valence-electron chi connectivity index (χ4n) is 4.43. The number of fused-ring (bicyclic) bond motifs is 3. The minimum atomic E-state index is -4.53. The van der Waals surface area contributed by atoms with Gasteiger partial charge in [-0.25, -0.2) is 8.42 Å². The molecule has 0 bridgehead atoms. The number of rotatable bonds is 8. The topological polar surface area (TPSA) is 149 Å². The summed E-state index contributed by atoms with van der Waals surface area (Å²) >= 11 is 0.839. The molecule has 0 amide bonds. The predicted molar refractivity (Wildman–Crippen MR) is 150 cm³/mol. The van der Waals surface area contributed by atoms with Crippen LogP contribution < -0.4 is 119 Å². The standard InChI is InChI=1S/C28H20N4O6S2.2K/c33-37-38-39-23-11-7-17-13-21(9-5-19(17)15-23)29-27-25-3-1-2-4-26(25)28(32-31-27)30-22-10-6-20-16-24(40(34,35)36)12-8-18(20)14-22;;/h1-16,33H,(H,29,31)(H,30,32)(H,34,35,36);;/q;2*+1/p-2. The predicted octanol–water partition coefficient (Wildman–Crippen LogP) is -0.434. The van der Waals surface area contributed by atoms with E-state index in [2.05, 4.69) is 30.2 Å². The molecule has 0 aliphatic carbocycles. The molecule has 2 N–H and O–H groups in total. The van der Waals surface area contributed by atoms with E-state index in [4.69, 9.17) is 0 Å². The van der Waals surface area contributed by atoms with Crippen molar-refractivity contribution in [2.45, 2.75) is 9.79 Å². The molecule has 5 aromatic carbocycles. The maximum absolute atomic E-state index is 11.3. The summed E-state index contributed by atoms with van der Waals surface area (Å²) in [4.78, 5) is 0.465. The smallest absolute Gasteiger partial charge is 0.744 e. The van der Waals surface area contributed by atoms with Crippen molar-refractivity contribution in [1.29, 1.82) is 0 Å². The van der Waals surface area contributed by atoms with Gasteiger partial charge in [0, 0.05) is 27.0 Å². The van der Waals surface area contributed by atoms with E-state index in [1.54, 1.807) is 18.2 Å². The molecule has 6 rings (SSSR count). The number of nitrogens with one attached hydrogen (secondary N) is 2. The third-order valence-electron chi connectivity index (χ3n) is 6.28. The molecule has 0 fully saturated rings. The molecule has 0 atom stereocenters. The molecule has 14 heteroatoms. The van der Waals surface area contributed by atoms with Crippen molar-refractivity contribution in [2.75, 3.05) is 10.6 Å². The van der Waals surface area contributed by atoms with Gasteiger partial charge in [0.25, 0.3) is 0 Å². The molecule has 0 saturated carbocycles. The summed E-state index contributed by atoms with van der Waals surface area (Å²) < 4.78 is 38.4. The first-order valence-corrected chi connectivity index (χ1v) is 14.0. The summed E-state index contributed by atoms with van der Waals surface area (Å²) in [5, 5.41) is 34.0. The molecule has 200 valence electrons. The van der Waals surface area contributed by atoms with Crippen LogP contribution in [0.2, 0.25) is 0 Å². The van der Waals surface area contributed by atoms with E-state index in [1.807, 2.05) is 66.7 Å². The summed E-state index contributed by atoms with van der Waals surface area (Å²) in [6.07, 6.45) is 0. The number of aromatic nitrogens is 2. The van der Waals surface area contributed by atoms with Gasteiger partial charge in [-0.15, -0.1) is 10.2 Å². The fraction of sp³-hybridized carbons (Fsp3) is 0. The molecule has 0 unspecified atom stereocenters. The number of hydrogen-bond acceptors (Lipinski definition) is 11. The Morgan fingerprint density at radius 3 is 1.71 bits per heavy atom. The van der Waals surface area contributed by atoms with E-state index in [0.717, 1.165) is 55.2 Å². The number of nitrogens with zero attached hydrogens (tertiary/aromatic N) is 2. The second-order valence-electron chi connectivity index (χ2n) is 8.81. The summed E-state index contributed by atoms with van der Waals surface area (Å²) in [5.74, 6) is 1.13. The SMILES string of the molecule is O=S(=O)([O-])c1ccc2cc(Nc3nnc(Nc4ccc5cc(SOO[O-])ccc5c4)c4ccccc34)ccc2c1.[K+].[K+]. The maximum atomic E-state index is 11.3. The molecule has 10 nitrogen and oxygen atoms in total. The Hall–Kier alpha value is -1.03. The quantitative estimate of drug-likeness (QED) is 0.0728. The largest absolute Gasteiger partial charge is 1.00 e. The molecular formula is C28H18K2N4O6S2. The zero-order valence-corrected chi connectivity index (χ0v) is 30.3. The van der Waals surface area contributed by atoms with E-state index >= 15 is 0 Å². The molecular weight excluding hydrogens is 631 g/mol. The summed E-state index contributed by atoms with van der Waals surface area (Å²) in [7, 11) is -4.53. The van der Waals surface area contributed by atoms with Gasteiger partial charge in [-0.1, -0.05) is 48.5 Å². The van der Waals surface area contributed by atoms with Crippen LogP contribution in [-0.2, 0) is 19.5 Å². The van der Waals surface area contributed by atoms with Crippen molar-refractivity contribution in [1.82, 2.24) is 10.2 Å². The first-order valence-electron chi connectivity index (χ1n) is 11.8. The van der Waals surface area contributed by atoms with Gasteiger partial charge in [0.2, 0.25) is 0 Å². The van der Waals surface area contributed by atoms with Gasteiger partial charge >= 0.3 is 103 Å². The Labute approximate surface area is 330 Å². The molecule has 0 spiro atoms. The van der Waals surface area contributed by atoms with Crippen LogP contribution in [0.3, 0.4) is 0 Å². The molecule has 1 aromatic heterocycles. The molecule has 6 aromatic rings. The molecule has 0 radical (unpaired) electrons. The van der Waals surface area contributed by atoms with Crippen LogP contribution >= 0.6 is 12.0 Å². The van der Waals surface area contributed by atoms with Gasteiger partial charge in [0.15, 0.2) is 11.6 Å². The minimum Gasteiger partial charge on any atom is -0.744 e. The molecule has 0 saturated heterocycles. The van der Waals surface area contributed by atoms with E-state index < -0.39 is 10.1 Å². The average Bonchev–Trinajstić information content (AvgIpc) is 2.96. The average molecular weight is 649 g/mol. The van der Waals surface area contributed by atoms with Crippen LogP contribution in [0.5, 0.6) is 0 Å². The van der Waals surface area contributed by atoms with Gasteiger partial charge < -0.3 is 20.4 Å². The van der Waals surface area contributed by atoms with Crippen LogP contribution in [0.25, 0.3) is 32.3 Å². The second-order valence-corrected chi connectivity index (χ2v) is 11.0. The van der Waals surface area contributed by atoms with Gasteiger partial charge in [0.05, 0.1) is 16.9 Å². The van der Waals surface area contributed by atoms with Crippen LogP contribution in [0.4, 0.5) is 23.0 Å². The zero-order valence-electron chi connectivity index (χ0n) is 22.4. The Kier molecular flexibility index (Phi) is 12.0. The van der Waals surface area contributed by atoms with E-state index in [1.165, 1.54) is 12.1 Å². The van der Waals surface area contributed by atoms with Crippen molar-refractivity contribution in [3.05, 3.63) is 97.1 Å². The second kappa shape index (κ2) is 14.8. The fourth-order valence-corrected chi connectivity index (χ4v) is 5.34. The third-order valence-corrected chi connectivity index (χ3v) is 7.68. The van der Waals surface area contributed by atoms with E-state index in [0.29, 0.717) is 17.0 Å². The summed E-state index contributed by atoms with van der Waals surface area (Å²) in [6.45, 7) is 0. The Morgan fingerprint density at radius 1 is 0.667 bits per heavy atom. The first-order chi connectivity index (χ1) is 19.4. The zero-order chi connectivity index (χ0) is 27.7. The van der Waals surface area contributed by atoms with E-state index in [-0.39, 0.29) is 108 Å². The van der Waals surface area contributed by atoms with Crippen LogP contribution in [0, 0.1) is 0 Å². The molecule has 0 aliphatic heterocycles. The Morgan fingerprint density at radius 2 is 1.17 bits per heavy atom. The molecule has 1 heterocycles. The number of benzene rings is 5. The molecule has 0 aliphatic rings. The third kappa shape index (κ3) is 7.78. The van der Waals surface area contributed by atoms with Crippen molar-refractivity contribution in [3.63, 3.8) is 0 Å². The van der Waals surface area contributed by atoms with Gasteiger partial charge in [0.1, 0.15) is 10.1 Å². The maximum Gasteiger partial charge on any atom is 1.00 e. The first kappa shape index (κ1) is 33.9. The van der Waals surface area contributed by atoms with Crippen LogP contribution in [-0.4, -0.2) is 23.2 Å². The van der Waals surface area contributed by atoms with Crippen molar-refractivity contribution in [3.8, 4) is 0 Å². The Balaban J connectivity index is 0.00000202. The minimum absolute atomic E-state index is 0. The normalized spacial score (nSPS) is 11.2. The summed E-state index contributed by atoms with van der Waals surface area (Å²) in [6, 6.07) is 28.8. The number of anilines is 4. The van der Waals surface area contributed by atoms with Crippen molar-refractivity contribution >= 4 is 77.5 Å². The summed E-state index contributed by atoms with van der Waals surface area (Å²) in [5.41, 5.74) is 1.55.